The predicted molar refractivity (Wildman–Crippen MR) is 85.7 cm³/mol. The highest BCUT2D eigenvalue weighted by Gasteiger charge is 2.23. The van der Waals surface area contributed by atoms with Gasteiger partial charge >= 0.3 is 0 Å². The van der Waals surface area contributed by atoms with Gasteiger partial charge in [0.25, 0.3) is 0 Å². The van der Waals surface area contributed by atoms with Crippen LogP contribution in [0, 0.1) is 0 Å². The fourth-order valence-corrected chi connectivity index (χ4v) is 2.91. The molecule has 2 aliphatic heterocycles. The Morgan fingerprint density at radius 1 is 1.38 bits per heavy atom. The molecule has 0 amide bonds. The maximum Gasteiger partial charge on any atom is 0.193 e. The van der Waals surface area contributed by atoms with E-state index in [0.717, 1.165) is 58.1 Å². The Balaban J connectivity index is 1.66. The molecule has 0 aromatic rings. The Morgan fingerprint density at radius 2 is 2.19 bits per heavy atom. The van der Waals surface area contributed by atoms with Gasteiger partial charge in [-0.1, -0.05) is 6.08 Å². The number of likely N-dealkylation sites (tertiary alicyclic amines) is 1. The normalized spacial score (nSPS) is 24.9. The van der Waals surface area contributed by atoms with Crippen LogP contribution in [0.15, 0.2) is 17.6 Å². The number of nitrogens with one attached hydrogen (secondary N) is 1. The highest BCUT2D eigenvalue weighted by molar-refractivity contribution is 5.80. The number of ether oxygens (including phenoxy) is 2. The van der Waals surface area contributed by atoms with Crippen molar-refractivity contribution in [2.75, 3.05) is 39.9 Å². The van der Waals surface area contributed by atoms with Crippen LogP contribution in [0.25, 0.3) is 0 Å². The van der Waals surface area contributed by atoms with Gasteiger partial charge < -0.3 is 19.7 Å². The molecule has 2 saturated heterocycles. The third kappa shape index (κ3) is 5.32. The van der Waals surface area contributed by atoms with Gasteiger partial charge in [0.1, 0.15) is 0 Å². The van der Waals surface area contributed by atoms with Crippen LogP contribution in [-0.4, -0.2) is 63.0 Å². The van der Waals surface area contributed by atoms with Crippen molar-refractivity contribution in [1.29, 1.82) is 0 Å². The average Bonchev–Trinajstić information content (AvgIpc) is 2.56. The molecule has 0 aliphatic carbocycles. The number of piperidine rings is 1. The molecule has 5 heteroatoms. The van der Waals surface area contributed by atoms with Crippen molar-refractivity contribution in [3.63, 3.8) is 0 Å². The SMILES string of the molecule is C=CCNC(=NC)N1CCC(OCC2CCCCO2)CC1. The first-order valence-corrected chi connectivity index (χ1v) is 8.13. The van der Waals surface area contributed by atoms with E-state index in [1.807, 2.05) is 13.1 Å². The summed E-state index contributed by atoms with van der Waals surface area (Å²) in [6.45, 7) is 8.12. The molecule has 2 heterocycles. The van der Waals surface area contributed by atoms with Crippen LogP contribution in [0.2, 0.25) is 0 Å². The summed E-state index contributed by atoms with van der Waals surface area (Å²) in [6.07, 6.45) is 8.28. The predicted octanol–water partition coefficient (Wildman–Crippen LogP) is 1.80. The van der Waals surface area contributed by atoms with E-state index in [0.29, 0.717) is 12.2 Å². The fourth-order valence-electron chi connectivity index (χ4n) is 2.91. The number of guanidine groups is 1. The van der Waals surface area contributed by atoms with Crippen LogP contribution in [0.3, 0.4) is 0 Å². The highest BCUT2D eigenvalue weighted by atomic mass is 16.5. The van der Waals surface area contributed by atoms with Crippen molar-refractivity contribution in [1.82, 2.24) is 10.2 Å². The van der Waals surface area contributed by atoms with Gasteiger partial charge in [0.15, 0.2) is 5.96 Å². The van der Waals surface area contributed by atoms with Crippen LogP contribution in [0.4, 0.5) is 0 Å². The van der Waals surface area contributed by atoms with Crippen molar-refractivity contribution in [3.05, 3.63) is 12.7 Å². The summed E-state index contributed by atoms with van der Waals surface area (Å²) in [5.74, 6) is 0.962. The summed E-state index contributed by atoms with van der Waals surface area (Å²) in [5, 5.41) is 3.28. The van der Waals surface area contributed by atoms with Gasteiger partial charge in [-0.25, -0.2) is 0 Å². The Hall–Kier alpha value is -1.07. The average molecular weight is 295 g/mol. The van der Waals surface area contributed by atoms with Gasteiger partial charge in [-0.05, 0) is 32.1 Å². The van der Waals surface area contributed by atoms with Gasteiger partial charge in [-0.2, -0.15) is 0 Å². The molecule has 0 saturated carbocycles. The van der Waals surface area contributed by atoms with E-state index < -0.39 is 0 Å². The smallest absolute Gasteiger partial charge is 0.193 e. The van der Waals surface area contributed by atoms with Crippen molar-refractivity contribution >= 4 is 5.96 Å². The number of aliphatic imine (C=N–C) groups is 1. The number of rotatable bonds is 5. The molecule has 1 N–H and O–H groups in total. The first-order chi connectivity index (χ1) is 10.3. The van der Waals surface area contributed by atoms with Crippen LogP contribution in [-0.2, 0) is 9.47 Å². The number of hydrogen-bond donors (Lipinski definition) is 1. The molecule has 5 nitrogen and oxygen atoms in total. The Labute approximate surface area is 128 Å². The monoisotopic (exact) mass is 295 g/mol. The van der Waals surface area contributed by atoms with Crippen LogP contribution < -0.4 is 5.32 Å². The van der Waals surface area contributed by atoms with E-state index in [9.17, 15) is 0 Å². The first kappa shape index (κ1) is 16.3. The van der Waals surface area contributed by atoms with E-state index in [-0.39, 0.29) is 0 Å². The summed E-state index contributed by atoms with van der Waals surface area (Å²) in [6, 6.07) is 0. The second-order valence-corrected chi connectivity index (χ2v) is 5.73. The Kier molecular flexibility index (Phi) is 7.03. The molecule has 0 radical (unpaired) electrons. The maximum atomic E-state index is 6.04. The zero-order valence-corrected chi connectivity index (χ0v) is 13.2. The third-order valence-corrected chi connectivity index (χ3v) is 4.15. The lowest BCUT2D eigenvalue weighted by Crippen LogP contribution is -2.47. The standard InChI is InChI=1S/C16H29N3O2/c1-3-9-18-16(17-2)19-10-7-14(8-11-19)21-13-15-6-4-5-12-20-15/h3,14-15H,1,4-13H2,2H3,(H,17,18). The summed E-state index contributed by atoms with van der Waals surface area (Å²) >= 11 is 0. The topological polar surface area (TPSA) is 46.1 Å². The van der Waals surface area contributed by atoms with E-state index in [4.69, 9.17) is 9.47 Å². The van der Waals surface area contributed by atoms with Crippen LogP contribution in [0.5, 0.6) is 0 Å². The van der Waals surface area contributed by atoms with Crippen molar-refractivity contribution in [3.8, 4) is 0 Å². The highest BCUT2D eigenvalue weighted by Crippen LogP contribution is 2.17. The molecule has 0 aromatic carbocycles. The molecule has 2 aliphatic rings. The maximum absolute atomic E-state index is 6.04. The molecule has 1 atom stereocenters. The van der Waals surface area contributed by atoms with E-state index in [2.05, 4.69) is 21.8 Å². The minimum absolute atomic E-state index is 0.318. The zero-order valence-electron chi connectivity index (χ0n) is 13.2. The minimum atomic E-state index is 0.318. The van der Waals surface area contributed by atoms with Crippen LogP contribution >= 0.6 is 0 Å². The van der Waals surface area contributed by atoms with Gasteiger partial charge in [0, 0.05) is 33.3 Å². The van der Waals surface area contributed by atoms with Crippen molar-refractivity contribution < 1.29 is 9.47 Å². The molecular weight excluding hydrogens is 266 g/mol. The Bertz CT molecular complexity index is 332. The summed E-state index contributed by atoms with van der Waals surface area (Å²) < 4.78 is 11.8. The molecule has 0 spiro atoms. The largest absolute Gasteiger partial charge is 0.376 e. The molecule has 0 aromatic heterocycles. The third-order valence-electron chi connectivity index (χ3n) is 4.15. The minimum Gasteiger partial charge on any atom is -0.376 e. The Morgan fingerprint density at radius 3 is 2.81 bits per heavy atom. The van der Waals surface area contributed by atoms with Crippen LogP contribution in [0.1, 0.15) is 32.1 Å². The fraction of sp³-hybridized carbons (Fsp3) is 0.812. The second kappa shape index (κ2) is 9.05. The van der Waals surface area contributed by atoms with Gasteiger partial charge in [-0.15, -0.1) is 6.58 Å². The first-order valence-electron chi connectivity index (χ1n) is 8.13. The summed E-state index contributed by atoms with van der Waals surface area (Å²) in [5.41, 5.74) is 0. The van der Waals surface area contributed by atoms with E-state index in [1.54, 1.807) is 0 Å². The van der Waals surface area contributed by atoms with Gasteiger partial charge in [0.05, 0.1) is 18.8 Å². The lowest BCUT2D eigenvalue weighted by Gasteiger charge is -2.34. The zero-order chi connectivity index (χ0) is 14.9. The van der Waals surface area contributed by atoms with Crippen molar-refractivity contribution in [2.45, 2.75) is 44.3 Å². The molecule has 2 fully saturated rings. The molecule has 21 heavy (non-hydrogen) atoms. The van der Waals surface area contributed by atoms with Crippen molar-refractivity contribution in [2.24, 2.45) is 4.99 Å². The molecule has 1 unspecified atom stereocenters. The molecule has 2 rings (SSSR count). The van der Waals surface area contributed by atoms with Gasteiger partial charge in [0.2, 0.25) is 0 Å². The molecule has 0 bridgehead atoms. The second-order valence-electron chi connectivity index (χ2n) is 5.73. The number of hydrogen-bond acceptors (Lipinski definition) is 3. The summed E-state index contributed by atoms with van der Waals surface area (Å²) in [7, 11) is 1.83. The lowest BCUT2D eigenvalue weighted by atomic mass is 10.1. The lowest BCUT2D eigenvalue weighted by molar-refractivity contribution is -0.0721. The van der Waals surface area contributed by atoms with E-state index >= 15 is 0 Å². The quantitative estimate of drug-likeness (QED) is 0.477. The summed E-state index contributed by atoms with van der Waals surface area (Å²) in [4.78, 5) is 6.61. The number of nitrogens with zero attached hydrogens (tertiary/aromatic N) is 2. The van der Waals surface area contributed by atoms with E-state index in [1.165, 1.54) is 12.8 Å². The van der Waals surface area contributed by atoms with Gasteiger partial charge in [-0.3, -0.25) is 4.99 Å². The molecule has 120 valence electrons. The molecular formula is C16H29N3O2.